The largest absolute Gasteiger partial charge is 0.497 e. The number of likely N-dealkylation sites (tertiary alicyclic amines) is 1. The zero-order chi connectivity index (χ0) is 18.2. The lowest BCUT2D eigenvalue weighted by atomic mass is 10.1. The van der Waals surface area contributed by atoms with Crippen LogP contribution in [0.4, 0.5) is 0 Å². The van der Waals surface area contributed by atoms with Gasteiger partial charge in [-0.3, -0.25) is 9.59 Å². The van der Waals surface area contributed by atoms with Crippen molar-refractivity contribution in [3.05, 3.63) is 58.5 Å². The third-order valence-corrected chi connectivity index (χ3v) is 6.42. The normalized spacial score (nSPS) is 14.9. The number of hydrogen-bond donors (Lipinski definition) is 0. The molecule has 0 N–H and O–H groups in total. The van der Waals surface area contributed by atoms with Crippen molar-refractivity contribution in [2.24, 2.45) is 7.05 Å². The second-order valence-corrected chi connectivity index (χ2v) is 8.12. The van der Waals surface area contributed by atoms with Gasteiger partial charge in [-0.05, 0) is 36.4 Å². The summed E-state index contributed by atoms with van der Waals surface area (Å²) >= 11 is 0. The van der Waals surface area contributed by atoms with Crippen LogP contribution in [0.2, 0.25) is 0 Å². The van der Waals surface area contributed by atoms with E-state index in [0.29, 0.717) is 5.75 Å². The average molecular weight is 362 g/mol. The van der Waals surface area contributed by atoms with Gasteiger partial charge in [0.2, 0.25) is 0 Å². The molecule has 0 aliphatic carbocycles. The minimum Gasteiger partial charge on any atom is -0.497 e. The quantitative estimate of drug-likeness (QED) is 0.799. The highest BCUT2D eigenvalue weighted by atomic mass is 32.2. The molecule has 1 aliphatic heterocycles. The second-order valence-electron chi connectivity index (χ2n) is 5.89. The molecule has 3 rings (SSSR count). The maximum absolute atomic E-state index is 12.6. The van der Waals surface area contributed by atoms with E-state index in [0.717, 1.165) is 0 Å². The van der Waals surface area contributed by atoms with Gasteiger partial charge in [0.15, 0.2) is 9.84 Å². The molecule has 1 amide bonds. The van der Waals surface area contributed by atoms with Crippen LogP contribution in [0.1, 0.15) is 10.4 Å². The van der Waals surface area contributed by atoms with Crippen molar-refractivity contribution in [2.45, 2.75) is 10.1 Å². The summed E-state index contributed by atoms with van der Waals surface area (Å²) in [5, 5.41) is -0.669. The first-order chi connectivity index (χ1) is 11.8. The van der Waals surface area contributed by atoms with E-state index in [4.69, 9.17) is 4.74 Å². The minimum atomic E-state index is -3.53. The number of sulfone groups is 1. The molecule has 7 nitrogen and oxygen atoms in total. The van der Waals surface area contributed by atoms with Gasteiger partial charge in [0.25, 0.3) is 11.5 Å². The van der Waals surface area contributed by atoms with Crippen molar-refractivity contribution >= 4 is 15.7 Å². The van der Waals surface area contributed by atoms with E-state index in [9.17, 15) is 18.0 Å². The highest BCUT2D eigenvalue weighted by molar-refractivity contribution is 7.92. The zero-order valence-corrected chi connectivity index (χ0v) is 14.7. The van der Waals surface area contributed by atoms with Crippen molar-refractivity contribution < 1.29 is 17.9 Å². The third-order valence-electron chi connectivity index (χ3n) is 4.32. The lowest BCUT2D eigenvalue weighted by Crippen LogP contribution is -2.57. The molecule has 1 aliphatic rings. The van der Waals surface area contributed by atoms with Crippen molar-refractivity contribution in [2.75, 3.05) is 20.2 Å². The predicted molar refractivity (Wildman–Crippen MR) is 91.6 cm³/mol. The van der Waals surface area contributed by atoms with Crippen molar-refractivity contribution in [3.8, 4) is 5.75 Å². The second kappa shape index (κ2) is 6.36. The van der Waals surface area contributed by atoms with E-state index in [1.54, 1.807) is 31.4 Å². The maximum Gasteiger partial charge on any atom is 0.263 e. The van der Waals surface area contributed by atoms with E-state index in [1.807, 2.05) is 0 Å². The Morgan fingerprint density at radius 1 is 1.16 bits per heavy atom. The molecular formula is C17H18N2O5S. The van der Waals surface area contributed by atoms with Gasteiger partial charge in [-0.15, -0.1) is 0 Å². The Balaban J connectivity index is 1.73. The van der Waals surface area contributed by atoms with Crippen LogP contribution in [0.15, 0.2) is 52.3 Å². The van der Waals surface area contributed by atoms with E-state index >= 15 is 0 Å². The van der Waals surface area contributed by atoms with Crippen LogP contribution in [0.5, 0.6) is 5.75 Å². The molecule has 1 aromatic carbocycles. The summed E-state index contributed by atoms with van der Waals surface area (Å²) in [7, 11) is -0.459. The number of aromatic nitrogens is 1. The SMILES string of the molecule is COc1ccc(S(=O)(=O)C2CN(C(=O)c3cccn(C)c3=O)C2)cc1. The molecule has 0 radical (unpaired) electrons. The molecular weight excluding hydrogens is 344 g/mol. The first kappa shape index (κ1) is 17.2. The van der Waals surface area contributed by atoms with E-state index < -0.39 is 26.6 Å². The van der Waals surface area contributed by atoms with Gasteiger partial charge in [0.1, 0.15) is 16.6 Å². The molecule has 1 aromatic heterocycles. The first-order valence-corrected chi connectivity index (χ1v) is 9.22. The topological polar surface area (TPSA) is 85.7 Å². The number of aryl methyl sites for hydroxylation is 1. The number of nitrogens with zero attached hydrogens (tertiary/aromatic N) is 2. The average Bonchev–Trinajstić information content (AvgIpc) is 2.55. The number of carbonyl (C=O) groups is 1. The first-order valence-electron chi connectivity index (χ1n) is 7.67. The Labute approximate surface area is 145 Å². The molecule has 8 heteroatoms. The van der Waals surface area contributed by atoms with Gasteiger partial charge in [0.05, 0.1) is 12.0 Å². The van der Waals surface area contributed by atoms with Crippen LogP contribution in [0.3, 0.4) is 0 Å². The smallest absolute Gasteiger partial charge is 0.263 e. The van der Waals surface area contributed by atoms with Gasteiger partial charge >= 0.3 is 0 Å². The minimum absolute atomic E-state index is 0.0466. The monoisotopic (exact) mass is 362 g/mol. The standard InChI is InChI=1S/C17H18N2O5S/c1-18-9-3-4-15(16(18)20)17(21)19-10-14(11-19)25(22,23)13-7-5-12(24-2)6-8-13/h3-9,14H,10-11H2,1-2H3. The van der Waals surface area contributed by atoms with Gasteiger partial charge in [-0.2, -0.15) is 0 Å². The summed E-state index contributed by atoms with van der Waals surface area (Å²) in [6, 6.07) is 9.22. The Morgan fingerprint density at radius 2 is 1.80 bits per heavy atom. The molecule has 2 heterocycles. The maximum atomic E-state index is 12.6. The zero-order valence-electron chi connectivity index (χ0n) is 13.9. The molecule has 0 unspecified atom stereocenters. The molecule has 0 bridgehead atoms. The van der Waals surface area contributed by atoms with Crippen LogP contribution in [0.25, 0.3) is 0 Å². The number of methoxy groups -OCH3 is 1. The number of carbonyl (C=O) groups excluding carboxylic acids is 1. The van der Waals surface area contributed by atoms with E-state index in [2.05, 4.69) is 0 Å². The predicted octanol–water partition coefficient (Wildman–Crippen LogP) is 0.692. The lowest BCUT2D eigenvalue weighted by Gasteiger charge is -2.38. The third kappa shape index (κ3) is 3.05. The Bertz CT molecular complexity index is 957. The van der Waals surface area contributed by atoms with Gasteiger partial charge in [-0.1, -0.05) is 0 Å². The summed E-state index contributed by atoms with van der Waals surface area (Å²) in [5.41, 5.74) is -0.348. The summed E-state index contributed by atoms with van der Waals surface area (Å²) in [4.78, 5) is 26.0. The Kier molecular flexibility index (Phi) is 4.38. The van der Waals surface area contributed by atoms with Crippen LogP contribution in [0, 0.1) is 0 Å². The fraction of sp³-hybridized carbons (Fsp3) is 0.294. The number of benzene rings is 1. The fourth-order valence-electron chi connectivity index (χ4n) is 2.69. The van der Waals surface area contributed by atoms with E-state index in [-0.39, 0.29) is 23.5 Å². The highest BCUT2D eigenvalue weighted by Gasteiger charge is 2.41. The van der Waals surface area contributed by atoms with Crippen LogP contribution in [-0.4, -0.2) is 49.2 Å². The van der Waals surface area contributed by atoms with E-state index in [1.165, 1.54) is 34.8 Å². The van der Waals surface area contributed by atoms with Crippen LogP contribution in [-0.2, 0) is 16.9 Å². The van der Waals surface area contributed by atoms with Crippen molar-refractivity contribution in [1.82, 2.24) is 9.47 Å². The molecule has 1 fully saturated rings. The lowest BCUT2D eigenvalue weighted by molar-refractivity contribution is 0.0656. The summed E-state index contributed by atoms with van der Waals surface area (Å²) < 4.78 is 31.5. The van der Waals surface area contributed by atoms with Crippen LogP contribution >= 0.6 is 0 Å². The molecule has 25 heavy (non-hydrogen) atoms. The molecule has 0 saturated carbocycles. The van der Waals surface area contributed by atoms with Crippen molar-refractivity contribution in [3.63, 3.8) is 0 Å². The van der Waals surface area contributed by atoms with Crippen LogP contribution < -0.4 is 10.3 Å². The molecule has 0 atom stereocenters. The molecule has 132 valence electrons. The Morgan fingerprint density at radius 3 is 2.40 bits per heavy atom. The van der Waals surface area contributed by atoms with Crippen molar-refractivity contribution in [1.29, 1.82) is 0 Å². The number of hydrogen-bond acceptors (Lipinski definition) is 5. The highest BCUT2D eigenvalue weighted by Crippen LogP contribution is 2.26. The van der Waals surface area contributed by atoms with Gasteiger partial charge < -0.3 is 14.2 Å². The molecule has 2 aromatic rings. The number of ether oxygens (including phenoxy) is 1. The van der Waals surface area contributed by atoms with Gasteiger partial charge in [-0.25, -0.2) is 8.42 Å². The Hall–Kier alpha value is -2.61. The molecule has 1 saturated heterocycles. The number of amides is 1. The van der Waals surface area contributed by atoms with Gasteiger partial charge in [0, 0.05) is 26.3 Å². The summed E-state index contributed by atoms with van der Waals surface area (Å²) in [5.74, 6) is 0.131. The fourth-order valence-corrected chi connectivity index (χ4v) is 4.34. The summed E-state index contributed by atoms with van der Waals surface area (Å²) in [6.45, 7) is 0.149. The number of pyridine rings is 1. The summed E-state index contributed by atoms with van der Waals surface area (Å²) in [6.07, 6.45) is 1.56. The number of rotatable bonds is 4. The molecule has 0 spiro atoms.